The fraction of sp³-hybridized carbons (Fsp3) is 0.385. The van der Waals surface area contributed by atoms with E-state index in [0.717, 1.165) is 0 Å². The van der Waals surface area contributed by atoms with Gasteiger partial charge in [0.05, 0.1) is 12.3 Å². The summed E-state index contributed by atoms with van der Waals surface area (Å²) in [4.78, 5) is 24.3. The van der Waals surface area contributed by atoms with E-state index in [1.807, 2.05) is 0 Å². The van der Waals surface area contributed by atoms with Gasteiger partial charge >= 0.3 is 5.97 Å². The van der Waals surface area contributed by atoms with Gasteiger partial charge in [-0.3, -0.25) is 9.59 Å². The van der Waals surface area contributed by atoms with Crippen molar-refractivity contribution in [1.29, 1.82) is 0 Å². The van der Waals surface area contributed by atoms with E-state index in [2.05, 4.69) is 0 Å². The average Bonchev–Trinajstić information content (AvgIpc) is 2.83. The molecule has 1 aromatic carbocycles. The van der Waals surface area contributed by atoms with Crippen LogP contribution in [0.3, 0.4) is 0 Å². The standard InChI is InChI=1S/C13H13ClFNO3/c14-10-2-1-3-11(15)9(10)6-12(17)16-5-4-8(7-16)13(18)19/h1-3,8H,4-7H2,(H,18,19)/t8-/m0/s1. The Morgan fingerprint density at radius 3 is 2.79 bits per heavy atom. The molecule has 0 saturated carbocycles. The zero-order chi connectivity index (χ0) is 14.0. The number of rotatable bonds is 3. The number of nitrogens with zero attached hydrogens (tertiary/aromatic N) is 1. The Morgan fingerprint density at radius 1 is 1.47 bits per heavy atom. The Balaban J connectivity index is 2.04. The van der Waals surface area contributed by atoms with Gasteiger partial charge in [-0.05, 0) is 18.6 Å². The van der Waals surface area contributed by atoms with E-state index in [1.54, 1.807) is 0 Å². The molecule has 4 nitrogen and oxygen atoms in total. The summed E-state index contributed by atoms with van der Waals surface area (Å²) in [6, 6.07) is 4.25. The van der Waals surface area contributed by atoms with Crippen LogP contribution in [0.2, 0.25) is 5.02 Å². The minimum absolute atomic E-state index is 0.141. The van der Waals surface area contributed by atoms with E-state index in [-0.39, 0.29) is 29.5 Å². The molecule has 0 aromatic heterocycles. The van der Waals surface area contributed by atoms with Crippen LogP contribution in [-0.4, -0.2) is 35.0 Å². The molecule has 1 N–H and O–H groups in total. The lowest BCUT2D eigenvalue weighted by Crippen LogP contribution is -2.31. The predicted molar refractivity (Wildman–Crippen MR) is 67.4 cm³/mol. The Morgan fingerprint density at radius 2 is 2.21 bits per heavy atom. The summed E-state index contributed by atoms with van der Waals surface area (Å²) < 4.78 is 13.6. The van der Waals surface area contributed by atoms with Crippen molar-refractivity contribution in [3.05, 3.63) is 34.6 Å². The fourth-order valence-electron chi connectivity index (χ4n) is 2.15. The number of benzene rings is 1. The maximum atomic E-state index is 13.6. The van der Waals surface area contributed by atoms with Crippen LogP contribution >= 0.6 is 11.6 Å². The summed E-state index contributed by atoms with van der Waals surface area (Å²) in [5.74, 6) is -2.25. The minimum atomic E-state index is -0.903. The van der Waals surface area contributed by atoms with Crippen molar-refractivity contribution in [3.8, 4) is 0 Å². The molecule has 0 unspecified atom stereocenters. The van der Waals surface area contributed by atoms with Crippen LogP contribution in [0.1, 0.15) is 12.0 Å². The highest BCUT2D eigenvalue weighted by Crippen LogP contribution is 2.22. The molecule has 0 aliphatic carbocycles. The fourth-order valence-corrected chi connectivity index (χ4v) is 2.38. The first-order chi connectivity index (χ1) is 8.99. The number of halogens is 2. The number of hydrogen-bond donors (Lipinski definition) is 1. The molecule has 1 heterocycles. The molecule has 6 heteroatoms. The van der Waals surface area contributed by atoms with Crippen LogP contribution in [0, 0.1) is 11.7 Å². The molecule has 0 bridgehead atoms. The highest BCUT2D eigenvalue weighted by atomic mass is 35.5. The second-order valence-corrected chi connectivity index (χ2v) is 4.95. The Hall–Kier alpha value is -1.62. The summed E-state index contributed by atoms with van der Waals surface area (Å²) in [6.45, 7) is 0.572. The van der Waals surface area contributed by atoms with Crippen molar-refractivity contribution in [2.45, 2.75) is 12.8 Å². The van der Waals surface area contributed by atoms with E-state index in [1.165, 1.54) is 23.1 Å². The molecule has 1 aliphatic heterocycles. The van der Waals surface area contributed by atoms with Gasteiger partial charge in [0, 0.05) is 23.7 Å². The quantitative estimate of drug-likeness (QED) is 0.923. The maximum Gasteiger partial charge on any atom is 0.308 e. The van der Waals surface area contributed by atoms with Gasteiger partial charge in [0.15, 0.2) is 0 Å². The zero-order valence-corrected chi connectivity index (χ0v) is 10.9. The number of carbonyl (C=O) groups excluding carboxylic acids is 1. The van der Waals surface area contributed by atoms with Crippen LogP contribution in [-0.2, 0) is 16.0 Å². The number of carbonyl (C=O) groups is 2. The molecule has 1 fully saturated rings. The van der Waals surface area contributed by atoms with Crippen molar-refractivity contribution in [2.75, 3.05) is 13.1 Å². The van der Waals surface area contributed by atoms with Gasteiger partial charge in [-0.15, -0.1) is 0 Å². The highest BCUT2D eigenvalue weighted by Gasteiger charge is 2.31. The highest BCUT2D eigenvalue weighted by molar-refractivity contribution is 6.31. The van der Waals surface area contributed by atoms with Crippen molar-refractivity contribution in [3.63, 3.8) is 0 Å². The number of carboxylic acids is 1. The molecule has 1 atom stereocenters. The van der Waals surface area contributed by atoms with Crippen molar-refractivity contribution in [1.82, 2.24) is 4.90 Å². The molecule has 1 amide bonds. The number of aliphatic carboxylic acids is 1. The first kappa shape index (κ1) is 13.8. The molecule has 1 saturated heterocycles. The Labute approximate surface area is 114 Å². The molecular weight excluding hydrogens is 273 g/mol. The molecule has 19 heavy (non-hydrogen) atoms. The van der Waals surface area contributed by atoms with E-state index < -0.39 is 17.7 Å². The van der Waals surface area contributed by atoms with E-state index in [0.29, 0.717) is 13.0 Å². The molecular formula is C13H13ClFNO3. The summed E-state index contributed by atoms with van der Waals surface area (Å²) in [6.07, 6.45) is 0.296. The van der Waals surface area contributed by atoms with Crippen molar-refractivity contribution in [2.24, 2.45) is 5.92 Å². The van der Waals surface area contributed by atoms with E-state index in [4.69, 9.17) is 16.7 Å². The third-order valence-electron chi connectivity index (χ3n) is 3.28. The van der Waals surface area contributed by atoms with Crippen molar-refractivity contribution < 1.29 is 19.1 Å². The monoisotopic (exact) mass is 285 g/mol. The number of likely N-dealkylation sites (tertiary alicyclic amines) is 1. The van der Waals surface area contributed by atoms with Gasteiger partial charge in [-0.25, -0.2) is 4.39 Å². The normalized spacial score (nSPS) is 18.6. The topological polar surface area (TPSA) is 57.6 Å². The molecule has 1 aliphatic rings. The lowest BCUT2D eigenvalue weighted by atomic mass is 10.1. The molecule has 0 radical (unpaired) electrons. The predicted octanol–water partition coefficient (Wildman–Crippen LogP) is 1.95. The van der Waals surface area contributed by atoms with Gasteiger partial charge < -0.3 is 10.0 Å². The molecule has 2 rings (SSSR count). The smallest absolute Gasteiger partial charge is 0.308 e. The summed E-state index contributed by atoms with van der Waals surface area (Å²) >= 11 is 5.85. The van der Waals surface area contributed by atoms with E-state index >= 15 is 0 Å². The average molecular weight is 286 g/mol. The lowest BCUT2D eigenvalue weighted by Gasteiger charge is -2.16. The number of amides is 1. The number of hydrogen-bond acceptors (Lipinski definition) is 2. The maximum absolute atomic E-state index is 13.6. The van der Waals surface area contributed by atoms with Crippen molar-refractivity contribution >= 4 is 23.5 Å². The SMILES string of the molecule is O=C(O)[C@H]1CCN(C(=O)Cc2c(F)cccc2Cl)C1. The van der Waals surface area contributed by atoms with Crippen LogP contribution in [0.5, 0.6) is 0 Å². The van der Waals surface area contributed by atoms with Crippen LogP contribution in [0.4, 0.5) is 4.39 Å². The summed E-state index contributed by atoms with van der Waals surface area (Å²) in [5.41, 5.74) is 0.160. The Kier molecular flexibility index (Phi) is 4.04. The third kappa shape index (κ3) is 3.04. The van der Waals surface area contributed by atoms with Crippen LogP contribution in [0.25, 0.3) is 0 Å². The second-order valence-electron chi connectivity index (χ2n) is 4.54. The largest absolute Gasteiger partial charge is 0.481 e. The van der Waals surface area contributed by atoms with Gasteiger partial charge in [0.1, 0.15) is 5.82 Å². The molecule has 0 spiro atoms. The van der Waals surface area contributed by atoms with Gasteiger partial charge in [-0.2, -0.15) is 0 Å². The summed E-state index contributed by atoms with van der Waals surface area (Å²) in [7, 11) is 0. The molecule has 102 valence electrons. The van der Waals surface area contributed by atoms with Crippen LogP contribution in [0.15, 0.2) is 18.2 Å². The number of carboxylic acid groups (broad SMARTS) is 1. The second kappa shape index (κ2) is 5.57. The van der Waals surface area contributed by atoms with Gasteiger partial charge in [-0.1, -0.05) is 17.7 Å². The summed E-state index contributed by atoms with van der Waals surface area (Å²) in [5, 5.41) is 9.08. The minimum Gasteiger partial charge on any atom is -0.481 e. The van der Waals surface area contributed by atoms with Gasteiger partial charge in [0.25, 0.3) is 0 Å². The first-order valence-electron chi connectivity index (χ1n) is 5.92. The third-order valence-corrected chi connectivity index (χ3v) is 3.63. The lowest BCUT2D eigenvalue weighted by molar-refractivity contribution is -0.141. The molecule has 1 aromatic rings. The first-order valence-corrected chi connectivity index (χ1v) is 6.30. The zero-order valence-electron chi connectivity index (χ0n) is 10.1. The van der Waals surface area contributed by atoms with Gasteiger partial charge in [0.2, 0.25) is 5.91 Å². The van der Waals surface area contributed by atoms with E-state index in [9.17, 15) is 14.0 Å². The Bertz CT molecular complexity index is 500. The van der Waals surface area contributed by atoms with Crippen LogP contribution < -0.4 is 0 Å².